The number of aryl methyl sites for hydroxylation is 2. The SMILES string of the molecule is CCc1noc(CC)c1CNC(=O)C(C)CN.Cl. The van der Waals surface area contributed by atoms with Crippen molar-refractivity contribution in [1.82, 2.24) is 10.5 Å². The molecule has 0 aromatic carbocycles. The van der Waals surface area contributed by atoms with Crippen molar-refractivity contribution in [2.24, 2.45) is 11.7 Å². The van der Waals surface area contributed by atoms with E-state index in [-0.39, 0.29) is 24.2 Å². The smallest absolute Gasteiger partial charge is 0.224 e. The van der Waals surface area contributed by atoms with Gasteiger partial charge in [0.15, 0.2) is 0 Å². The van der Waals surface area contributed by atoms with Crippen molar-refractivity contribution < 1.29 is 9.32 Å². The van der Waals surface area contributed by atoms with Gasteiger partial charge in [0.25, 0.3) is 0 Å². The number of amides is 1. The molecule has 1 aromatic rings. The van der Waals surface area contributed by atoms with Crippen molar-refractivity contribution in [3.8, 4) is 0 Å². The summed E-state index contributed by atoms with van der Waals surface area (Å²) >= 11 is 0. The second-order valence-electron chi connectivity index (χ2n) is 4.09. The maximum absolute atomic E-state index is 11.6. The fourth-order valence-corrected chi connectivity index (χ4v) is 1.59. The number of nitrogens with two attached hydrogens (primary N) is 1. The zero-order valence-corrected chi connectivity index (χ0v) is 12.0. The fourth-order valence-electron chi connectivity index (χ4n) is 1.59. The quantitative estimate of drug-likeness (QED) is 0.823. The third kappa shape index (κ3) is 3.99. The van der Waals surface area contributed by atoms with Gasteiger partial charge in [0.1, 0.15) is 5.76 Å². The summed E-state index contributed by atoms with van der Waals surface area (Å²) in [4.78, 5) is 11.6. The molecule has 104 valence electrons. The number of nitrogens with one attached hydrogen (secondary N) is 1. The number of halogens is 1. The average molecular weight is 276 g/mol. The van der Waals surface area contributed by atoms with Crippen LogP contribution in [0.25, 0.3) is 0 Å². The molecule has 0 aliphatic rings. The van der Waals surface area contributed by atoms with Gasteiger partial charge in [0.2, 0.25) is 5.91 Å². The molecule has 1 rings (SSSR count). The Morgan fingerprint density at radius 1 is 1.44 bits per heavy atom. The van der Waals surface area contributed by atoms with Gasteiger partial charge in [-0.1, -0.05) is 25.9 Å². The summed E-state index contributed by atoms with van der Waals surface area (Å²) < 4.78 is 5.23. The Labute approximate surface area is 114 Å². The van der Waals surface area contributed by atoms with Crippen LogP contribution in [0.15, 0.2) is 4.52 Å². The van der Waals surface area contributed by atoms with E-state index in [1.165, 1.54) is 0 Å². The van der Waals surface area contributed by atoms with Gasteiger partial charge in [-0.3, -0.25) is 4.79 Å². The number of rotatable bonds is 6. The number of hydrogen-bond acceptors (Lipinski definition) is 4. The normalized spacial score (nSPS) is 11.8. The molecule has 1 amide bonds. The van der Waals surface area contributed by atoms with Crippen molar-refractivity contribution in [2.75, 3.05) is 6.54 Å². The van der Waals surface area contributed by atoms with E-state index in [2.05, 4.69) is 10.5 Å². The first-order valence-electron chi connectivity index (χ1n) is 6.08. The van der Waals surface area contributed by atoms with Gasteiger partial charge in [-0.2, -0.15) is 0 Å². The molecule has 6 heteroatoms. The number of hydrogen-bond donors (Lipinski definition) is 2. The molecule has 0 saturated carbocycles. The summed E-state index contributed by atoms with van der Waals surface area (Å²) in [6, 6.07) is 0. The molecule has 3 N–H and O–H groups in total. The molecule has 0 spiro atoms. The Morgan fingerprint density at radius 2 is 2.11 bits per heavy atom. The standard InChI is InChI=1S/C12H21N3O2.ClH/c1-4-10-9(11(5-2)17-15-10)7-14-12(16)8(3)6-13;/h8H,4-7,13H2,1-3H3,(H,14,16);1H. The largest absolute Gasteiger partial charge is 0.361 e. The minimum absolute atomic E-state index is 0. The van der Waals surface area contributed by atoms with Crippen LogP contribution in [0, 0.1) is 5.92 Å². The number of carbonyl (C=O) groups is 1. The highest BCUT2D eigenvalue weighted by Gasteiger charge is 2.16. The Hall–Kier alpha value is -1.07. The summed E-state index contributed by atoms with van der Waals surface area (Å²) in [5.74, 6) is 0.658. The molecule has 0 fully saturated rings. The lowest BCUT2D eigenvalue weighted by atomic mass is 10.1. The molecule has 0 aliphatic heterocycles. The predicted molar refractivity (Wildman–Crippen MR) is 72.6 cm³/mol. The minimum Gasteiger partial charge on any atom is -0.361 e. The van der Waals surface area contributed by atoms with Gasteiger partial charge < -0.3 is 15.6 Å². The zero-order valence-electron chi connectivity index (χ0n) is 11.2. The zero-order chi connectivity index (χ0) is 12.8. The van der Waals surface area contributed by atoms with Crippen molar-refractivity contribution in [3.63, 3.8) is 0 Å². The Balaban J connectivity index is 0.00000289. The lowest BCUT2D eigenvalue weighted by Gasteiger charge is -2.10. The van der Waals surface area contributed by atoms with Crippen LogP contribution in [0.3, 0.4) is 0 Å². The van der Waals surface area contributed by atoms with E-state index in [4.69, 9.17) is 10.3 Å². The monoisotopic (exact) mass is 275 g/mol. The topological polar surface area (TPSA) is 81.2 Å². The van der Waals surface area contributed by atoms with Gasteiger partial charge >= 0.3 is 0 Å². The van der Waals surface area contributed by atoms with Gasteiger partial charge in [-0.25, -0.2) is 0 Å². The molecule has 0 saturated heterocycles. The van der Waals surface area contributed by atoms with Crippen molar-refractivity contribution >= 4 is 18.3 Å². The molecule has 5 nitrogen and oxygen atoms in total. The van der Waals surface area contributed by atoms with Crippen LogP contribution in [-0.4, -0.2) is 17.6 Å². The molecule has 18 heavy (non-hydrogen) atoms. The second kappa shape index (κ2) is 8.11. The van der Waals surface area contributed by atoms with E-state index in [0.29, 0.717) is 13.1 Å². The summed E-state index contributed by atoms with van der Waals surface area (Å²) in [5, 5.41) is 6.86. The highest BCUT2D eigenvalue weighted by molar-refractivity contribution is 5.85. The van der Waals surface area contributed by atoms with Gasteiger partial charge in [-0.05, 0) is 6.42 Å². The summed E-state index contributed by atoms with van der Waals surface area (Å²) in [6.45, 7) is 6.67. The maximum atomic E-state index is 11.6. The van der Waals surface area contributed by atoms with Crippen LogP contribution < -0.4 is 11.1 Å². The first kappa shape index (κ1) is 16.9. The Bertz CT molecular complexity index is 358. The number of aromatic nitrogens is 1. The third-order valence-corrected chi connectivity index (χ3v) is 2.85. The van der Waals surface area contributed by atoms with Crippen LogP contribution in [-0.2, 0) is 24.2 Å². The lowest BCUT2D eigenvalue weighted by Crippen LogP contribution is -2.33. The summed E-state index contributed by atoms with van der Waals surface area (Å²) in [6.07, 6.45) is 1.59. The Kier molecular flexibility index (Phi) is 7.62. The third-order valence-electron chi connectivity index (χ3n) is 2.85. The highest BCUT2D eigenvalue weighted by atomic mass is 35.5. The summed E-state index contributed by atoms with van der Waals surface area (Å²) in [5.41, 5.74) is 7.37. The van der Waals surface area contributed by atoms with E-state index in [0.717, 1.165) is 29.9 Å². The molecule has 0 aliphatic carbocycles. The average Bonchev–Trinajstić information content (AvgIpc) is 2.76. The van der Waals surface area contributed by atoms with Crippen molar-refractivity contribution in [1.29, 1.82) is 0 Å². The van der Waals surface area contributed by atoms with Crippen molar-refractivity contribution in [2.45, 2.75) is 40.2 Å². The van der Waals surface area contributed by atoms with E-state index in [9.17, 15) is 4.79 Å². The molecule has 0 radical (unpaired) electrons. The molecule has 1 heterocycles. The van der Waals surface area contributed by atoms with Gasteiger partial charge in [0, 0.05) is 31.0 Å². The lowest BCUT2D eigenvalue weighted by molar-refractivity contribution is -0.124. The van der Waals surface area contributed by atoms with Gasteiger partial charge in [-0.15, -0.1) is 12.4 Å². The molecule has 1 atom stereocenters. The molecule has 1 unspecified atom stereocenters. The highest BCUT2D eigenvalue weighted by Crippen LogP contribution is 2.15. The molecular formula is C12H22ClN3O2. The molecule has 0 bridgehead atoms. The predicted octanol–water partition coefficient (Wildman–Crippen LogP) is 1.43. The second-order valence-corrected chi connectivity index (χ2v) is 4.09. The molecular weight excluding hydrogens is 254 g/mol. The first-order valence-corrected chi connectivity index (χ1v) is 6.08. The summed E-state index contributed by atoms with van der Waals surface area (Å²) in [7, 11) is 0. The van der Waals surface area contributed by atoms with Crippen LogP contribution in [0.1, 0.15) is 37.8 Å². The Morgan fingerprint density at radius 3 is 2.61 bits per heavy atom. The minimum atomic E-state index is -0.162. The number of carbonyl (C=O) groups excluding carboxylic acids is 1. The van der Waals surface area contributed by atoms with Crippen LogP contribution in [0.2, 0.25) is 0 Å². The van der Waals surface area contributed by atoms with E-state index >= 15 is 0 Å². The molecule has 1 aromatic heterocycles. The number of nitrogens with zero attached hydrogens (tertiary/aromatic N) is 1. The maximum Gasteiger partial charge on any atom is 0.224 e. The van der Waals surface area contributed by atoms with Crippen LogP contribution in [0.4, 0.5) is 0 Å². The van der Waals surface area contributed by atoms with Crippen LogP contribution in [0.5, 0.6) is 0 Å². The fraction of sp³-hybridized carbons (Fsp3) is 0.667. The van der Waals surface area contributed by atoms with Gasteiger partial charge in [0.05, 0.1) is 5.69 Å². The van der Waals surface area contributed by atoms with Crippen molar-refractivity contribution in [3.05, 3.63) is 17.0 Å². The van der Waals surface area contributed by atoms with Crippen LogP contribution >= 0.6 is 12.4 Å². The van der Waals surface area contributed by atoms with E-state index in [1.54, 1.807) is 0 Å². The van der Waals surface area contributed by atoms with E-state index < -0.39 is 0 Å². The first-order chi connectivity index (χ1) is 8.13. The van der Waals surface area contributed by atoms with E-state index in [1.807, 2.05) is 20.8 Å².